The number of carbonyl (C=O) groups excluding carboxylic acids is 2. The fourth-order valence-corrected chi connectivity index (χ4v) is 4.66. The zero-order valence-corrected chi connectivity index (χ0v) is 17.0. The van der Waals surface area contributed by atoms with Crippen molar-refractivity contribution < 1.29 is 14.3 Å². The molecule has 0 unspecified atom stereocenters. The van der Waals surface area contributed by atoms with Crippen molar-refractivity contribution in [2.75, 3.05) is 49.6 Å². The zero-order valence-electron chi connectivity index (χ0n) is 16.2. The lowest BCUT2D eigenvalue weighted by Crippen LogP contribution is -2.41. The Morgan fingerprint density at radius 3 is 2.83 bits per heavy atom. The van der Waals surface area contributed by atoms with E-state index < -0.39 is 0 Å². The summed E-state index contributed by atoms with van der Waals surface area (Å²) in [6, 6.07) is 6.18. The number of nitrogens with zero attached hydrogens (tertiary/aromatic N) is 3. The van der Waals surface area contributed by atoms with Gasteiger partial charge < -0.3 is 15.0 Å². The first-order valence-corrected chi connectivity index (χ1v) is 11.1. The van der Waals surface area contributed by atoms with Gasteiger partial charge in [0, 0.05) is 42.2 Å². The normalized spacial score (nSPS) is 19.2. The summed E-state index contributed by atoms with van der Waals surface area (Å²) < 4.78 is 5.31. The van der Waals surface area contributed by atoms with Crippen LogP contribution in [0.1, 0.15) is 18.4 Å². The summed E-state index contributed by atoms with van der Waals surface area (Å²) in [7, 11) is 0. The number of amides is 2. The number of ether oxygens (including phenoxy) is 1. The van der Waals surface area contributed by atoms with E-state index in [1.807, 2.05) is 22.4 Å². The Hall–Kier alpha value is -2.29. The van der Waals surface area contributed by atoms with Crippen LogP contribution in [-0.2, 0) is 20.7 Å². The lowest BCUT2D eigenvalue weighted by atomic mass is 10.1. The van der Waals surface area contributed by atoms with Crippen molar-refractivity contribution in [2.45, 2.75) is 19.3 Å². The number of thiazole rings is 1. The van der Waals surface area contributed by atoms with Crippen LogP contribution < -0.4 is 10.2 Å². The minimum atomic E-state index is -0.0454. The summed E-state index contributed by atoms with van der Waals surface area (Å²) in [4.78, 5) is 33.3. The molecule has 2 fully saturated rings. The number of anilines is 2. The van der Waals surface area contributed by atoms with Crippen LogP contribution in [0, 0.1) is 5.92 Å². The molecule has 1 aliphatic carbocycles. The molecular formula is C21H24N4O3S. The van der Waals surface area contributed by atoms with Gasteiger partial charge in [-0.25, -0.2) is 4.98 Å². The number of hydrogen-bond donors (Lipinski definition) is 1. The summed E-state index contributed by atoms with van der Waals surface area (Å²) in [5, 5.41) is 5.49. The second-order valence-electron chi connectivity index (χ2n) is 7.83. The molecule has 3 heterocycles. The lowest BCUT2D eigenvalue weighted by Gasteiger charge is -2.25. The number of aromatic nitrogens is 1. The molecule has 0 atom stereocenters. The Morgan fingerprint density at radius 1 is 1.21 bits per heavy atom. The second kappa shape index (κ2) is 7.85. The standard InChI is InChI=1S/C21H24N4O3S/c26-19(12-24-7-9-28-10-8-24)23-21-22-17(13-29-21)15-3-4-18-16(11-15)5-6-25(18)20(27)14-1-2-14/h3-4,11,13-14H,1-2,5-10,12H2,(H,22,23,26). The Kier molecular flexibility index (Phi) is 5.07. The first-order chi connectivity index (χ1) is 14.2. The number of nitrogens with one attached hydrogen (secondary N) is 1. The molecule has 1 aromatic carbocycles. The Morgan fingerprint density at radius 2 is 2.03 bits per heavy atom. The minimum absolute atomic E-state index is 0.0454. The largest absolute Gasteiger partial charge is 0.379 e. The molecule has 2 amide bonds. The smallest absolute Gasteiger partial charge is 0.240 e. The molecule has 2 aliphatic heterocycles. The Balaban J connectivity index is 1.24. The Bertz CT molecular complexity index is 934. The van der Waals surface area contributed by atoms with Crippen molar-refractivity contribution >= 4 is 34.0 Å². The molecule has 1 aromatic heterocycles. The molecule has 152 valence electrons. The number of hydrogen-bond acceptors (Lipinski definition) is 6. The molecule has 0 radical (unpaired) electrons. The van der Waals surface area contributed by atoms with Crippen LogP contribution in [0.4, 0.5) is 10.8 Å². The van der Waals surface area contributed by atoms with Gasteiger partial charge >= 0.3 is 0 Å². The van der Waals surface area contributed by atoms with Gasteiger partial charge in [0.25, 0.3) is 0 Å². The average Bonchev–Trinajstić information content (AvgIpc) is 3.34. The highest BCUT2D eigenvalue weighted by atomic mass is 32.1. The Labute approximate surface area is 173 Å². The number of benzene rings is 1. The van der Waals surface area contributed by atoms with Gasteiger partial charge in [-0.05, 0) is 37.0 Å². The van der Waals surface area contributed by atoms with Crippen molar-refractivity contribution in [3.05, 3.63) is 29.1 Å². The number of carbonyl (C=O) groups is 2. The van der Waals surface area contributed by atoms with Crippen molar-refractivity contribution in [3.63, 3.8) is 0 Å². The maximum atomic E-state index is 12.4. The van der Waals surface area contributed by atoms with Gasteiger partial charge in [-0.3, -0.25) is 14.5 Å². The minimum Gasteiger partial charge on any atom is -0.379 e. The summed E-state index contributed by atoms with van der Waals surface area (Å²) in [6.07, 6.45) is 2.94. The third kappa shape index (κ3) is 4.05. The van der Waals surface area contributed by atoms with Crippen molar-refractivity contribution in [3.8, 4) is 11.3 Å². The highest BCUT2D eigenvalue weighted by Gasteiger charge is 2.36. The third-order valence-corrected chi connectivity index (χ3v) is 6.44. The van der Waals surface area contributed by atoms with Gasteiger partial charge in [0.05, 0.1) is 25.5 Å². The summed E-state index contributed by atoms with van der Waals surface area (Å²) in [5.74, 6) is 0.467. The molecule has 2 aromatic rings. The van der Waals surface area contributed by atoms with E-state index >= 15 is 0 Å². The van der Waals surface area contributed by atoms with Gasteiger partial charge in [0.1, 0.15) is 0 Å². The van der Waals surface area contributed by atoms with Crippen molar-refractivity contribution in [2.24, 2.45) is 5.92 Å². The summed E-state index contributed by atoms with van der Waals surface area (Å²) in [6.45, 7) is 4.06. The molecule has 7 nitrogen and oxygen atoms in total. The van der Waals surface area contributed by atoms with E-state index in [1.165, 1.54) is 16.9 Å². The van der Waals surface area contributed by atoms with E-state index in [0.29, 0.717) is 24.9 Å². The molecule has 29 heavy (non-hydrogen) atoms. The van der Waals surface area contributed by atoms with Crippen LogP contribution in [0.5, 0.6) is 0 Å². The van der Waals surface area contributed by atoms with Crippen LogP contribution in [-0.4, -0.2) is 61.1 Å². The molecule has 1 saturated heterocycles. The van der Waals surface area contributed by atoms with Gasteiger partial charge in [0.15, 0.2) is 5.13 Å². The second-order valence-corrected chi connectivity index (χ2v) is 8.69. The molecule has 8 heteroatoms. The predicted octanol–water partition coefficient (Wildman–Crippen LogP) is 2.38. The van der Waals surface area contributed by atoms with E-state index in [-0.39, 0.29) is 17.7 Å². The third-order valence-electron chi connectivity index (χ3n) is 5.68. The van der Waals surface area contributed by atoms with Crippen LogP contribution in [0.3, 0.4) is 0 Å². The maximum absolute atomic E-state index is 12.4. The van der Waals surface area contributed by atoms with Gasteiger partial charge in [-0.15, -0.1) is 11.3 Å². The van der Waals surface area contributed by atoms with Crippen molar-refractivity contribution in [1.82, 2.24) is 9.88 Å². The van der Waals surface area contributed by atoms with Crippen LogP contribution in [0.15, 0.2) is 23.6 Å². The summed E-state index contributed by atoms with van der Waals surface area (Å²) in [5.41, 5.74) is 4.11. The fourth-order valence-electron chi connectivity index (χ4n) is 3.93. The molecule has 0 spiro atoms. The lowest BCUT2D eigenvalue weighted by molar-refractivity contribution is -0.120. The molecular weight excluding hydrogens is 388 g/mol. The number of fused-ring (bicyclic) bond motifs is 1. The van der Waals surface area contributed by atoms with Crippen LogP contribution in [0.2, 0.25) is 0 Å². The molecule has 1 saturated carbocycles. The average molecular weight is 413 g/mol. The first kappa shape index (κ1) is 18.7. The molecule has 0 bridgehead atoms. The number of morpholine rings is 1. The quantitative estimate of drug-likeness (QED) is 0.816. The molecule has 3 aliphatic rings. The SMILES string of the molecule is O=C(CN1CCOCC1)Nc1nc(-c2ccc3c(c2)CCN3C(=O)C2CC2)cs1. The molecule has 1 N–H and O–H groups in total. The topological polar surface area (TPSA) is 74.8 Å². The predicted molar refractivity (Wildman–Crippen MR) is 112 cm³/mol. The zero-order chi connectivity index (χ0) is 19.8. The van der Waals surface area contributed by atoms with E-state index in [0.717, 1.165) is 55.8 Å². The number of rotatable bonds is 5. The van der Waals surface area contributed by atoms with E-state index in [1.54, 1.807) is 0 Å². The molecule has 5 rings (SSSR count). The van der Waals surface area contributed by atoms with Gasteiger partial charge in [-0.2, -0.15) is 0 Å². The fraction of sp³-hybridized carbons (Fsp3) is 0.476. The monoisotopic (exact) mass is 412 g/mol. The highest BCUT2D eigenvalue weighted by Crippen LogP contribution is 2.38. The van der Waals surface area contributed by atoms with E-state index in [4.69, 9.17) is 4.74 Å². The van der Waals surface area contributed by atoms with E-state index in [9.17, 15) is 9.59 Å². The van der Waals surface area contributed by atoms with Crippen LogP contribution >= 0.6 is 11.3 Å². The van der Waals surface area contributed by atoms with E-state index in [2.05, 4.69) is 21.3 Å². The van der Waals surface area contributed by atoms with Crippen molar-refractivity contribution in [1.29, 1.82) is 0 Å². The van der Waals surface area contributed by atoms with Gasteiger partial charge in [0.2, 0.25) is 11.8 Å². The first-order valence-electron chi connectivity index (χ1n) is 10.2. The maximum Gasteiger partial charge on any atom is 0.240 e. The highest BCUT2D eigenvalue weighted by molar-refractivity contribution is 7.14. The van der Waals surface area contributed by atoms with Gasteiger partial charge in [-0.1, -0.05) is 6.07 Å². The summed E-state index contributed by atoms with van der Waals surface area (Å²) >= 11 is 1.43. The van der Waals surface area contributed by atoms with Crippen LogP contribution in [0.25, 0.3) is 11.3 Å².